The Morgan fingerprint density at radius 2 is 1.70 bits per heavy atom. The zero-order chi connectivity index (χ0) is 31.8. The molecule has 0 aromatic heterocycles. The second-order valence-corrected chi connectivity index (χ2v) is 16.1. The summed E-state index contributed by atoms with van der Waals surface area (Å²) in [5.41, 5.74) is 1.52. The van der Waals surface area contributed by atoms with Crippen LogP contribution in [0.25, 0.3) is 0 Å². The van der Waals surface area contributed by atoms with Crippen molar-refractivity contribution in [3.05, 3.63) is 23.3 Å². The molecule has 5 rings (SSSR count). The molecule has 1 aliphatic heterocycles. The van der Waals surface area contributed by atoms with Crippen LogP contribution in [-0.2, 0) is 19.1 Å². The highest BCUT2D eigenvalue weighted by atomic mass is 16.7. The maximum atomic E-state index is 13.9. The van der Waals surface area contributed by atoms with Gasteiger partial charge in [-0.3, -0.25) is 9.59 Å². The third-order valence-electron chi connectivity index (χ3n) is 13.0. The van der Waals surface area contributed by atoms with E-state index in [2.05, 4.69) is 34.6 Å². The normalized spacial score (nSPS) is 43.7. The van der Waals surface area contributed by atoms with Crippen LogP contribution in [0.15, 0.2) is 23.3 Å². The summed E-state index contributed by atoms with van der Waals surface area (Å²) in [6.45, 7) is 14.6. The van der Waals surface area contributed by atoms with Gasteiger partial charge in [0.2, 0.25) is 6.29 Å². The average Bonchev–Trinajstić information content (AvgIpc) is 3.19. The first-order valence-corrected chi connectivity index (χ1v) is 16.4. The zero-order valence-corrected chi connectivity index (χ0v) is 27.2. The summed E-state index contributed by atoms with van der Waals surface area (Å²) in [5, 5.41) is 40.8. The lowest BCUT2D eigenvalue weighted by molar-refractivity contribution is -0.265. The van der Waals surface area contributed by atoms with E-state index >= 15 is 0 Å². The van der Waals surface area contributed by atoms with Gasteiger partial charge in [-0.15, -0.1) is 0 Å². The fourth-order valence-corrected chi connectivity index (χ4v) is 10.2. The number of hydrogen-bond acceptors (Lipinski definition) is 8. The minimum absolute atomic E-state index is 0.00310. The van der Waals surface area contributed by atoms with Gasteiger partial charge in [-0.25, -0.2) is 0 Å². The second kappa shape index (κ2) is 11.0. The van der Waals surface area contributed by atoms with Crippen LogP contribution < -0.4 is 0 Å². The maximum absolute atomic E-state index is 13.9. The number of fused-ring (bicyclic) bond motifs is 4. The summed E-state index contributed by atoms with van der Waals surface area (Å²) >= 11 is 0. The number of Topliss-reactive ketones (excluding diaryl/α,β-unsaturated/α-hetero) is 1. The first kappa shape index (κ1) is 32.8. The molecule has 0 bridgehead atoms. The molecular formula is C35H54O8. The van der Waals surface area contributed by atoms with Gasteiger partial charge in [0.1, 0.15) is 24.1 Å². The van der Waals surface area contributed by atoms with Crippen LogP contribution in [0.2, 0.25) is 0 Å². The fourth-order valence-electron chi connectivity index (χ4n) is 10.2. The summed E-state index contributed by atoms with van der Waals surface area (Å²) in [5.74, 6) is -0.300. The third kappa shape index (κ3) is 5.27. The summed E-state index contributed by atoms with van der Waals surface area (Å²) in [7, 11) is 0. The Bertz CT molecular complexity index is 1180. The monoisotopic (exact) mass is 602 g/mol. The molecule has 8 nitrogen and oxygen atoms in total. The minimum Gasteiger partial charge on any atom is -0.433 e. The molecule has 4 N–H and O–H groups in total. The molecule has 1 saturated heterocycles. The number of carbonyl (C=O) groups excluding carboxylic acids is 2. The number of carbonyl (C=O) groups is 2. The lowest BCUT2D eigenvalue weighted by atomic mass is 9.43. The van der Waals surface area contributed by atoms with Gasteiger partial charge in [-0.1, -0.05) is 57.9 Å². The lowest BCUT2D eigenvalue weighted by Crippen LogP contribution is -2.55. The average molecular weight is 603 g/mol. The molecule has 8 heteroatoms. The van der Waals surface area contributed by atoms with E-state index in [0.29, 0.717) is 24.5 Å². The molecule has 5 aliphatic rings. The molecule has 10 atom stereocenters. The number of aliphatic hydroxyl groups excluding tert-OH is 3. The number of esters is 1. The van der Waals surface area contributed by atoms with Crippen LogP contribution in [0.1, 0.15) is 106 Å². The number of allylic oxidation sites excluding steroid dienone is 3. The fraction of sp³-hybridized carbons (Fsp3) is 0.829. The van der Waals surface area contributed by atoms with E-state index in [-0.39, 0.29) is 34.2 Å². The van der Waals surface area contributed by atoms with Crippen molar-refractivity contribution in [3.8, 4) is 0 Å². The summed E-state index contributed by atoms with van der Waals surface area (Å²) in [6, 6.07) is 0. The molecule has 43 heavy (non-hydrogen) atoms. The number of rotatable bonds is 6. The van der Waals surface area contributed by atoms with Gasteiger partial charge in [-0.05, 0) is 93.3 Å². The highest BCUT2D eigenvalue weighted by molar-refractivity contribution is 5.85. The number of aliphatic hydroxyl groups is 4. The van der Waals surface area contributed by atoms with Gasteiger partial charge < -0.3 is 29.9 Å². The van der Waals surface area contributed by atoms with E-state index in [1.807, 2.05) is 6.08 Å². The van der Waals surface area contributed by atoms with Crippen molar-refractivity contribution < 1.29 is 39.5 Å². The third-order valence-corrected chi connectivity index (χ3v) is 13.0. The largest absolute Gasteiger partial charge is 0.433 e. The summed E-state index contributed by atoms with van der Waals surface area (Å²) in [6.07, 6.45) is 5.55. The van der Waals surface area contributed by atoms with E-state index in [0.717, 1.165) is 44.9 Å². The number of ether oxygens (including phenoxy) is 2. The second-order valence-electron chi connectivity index (χ2n) is 16.1. The van der Waals surface area contributed by atoms with Crippen molar-refractivity contribution in [1.29, 1.82) is 0 Å². The van der Waals surface area contributed by atoms with Crippen molar-refractivity contribution in [2.45, 2.75) is 136 Å². The number of hydrogen-bond donors (Lipinski definition) is 4. The van der Waals surface area contributed by atoms with Gasteiger partial charge in [0.15, 0.2) is 0 Å². The van der Waals surface area contributed by atoms with Gasteiger partial charge in [-0.2, -0.15) is 0 Å². The predicted molar refractivity (Wildman–Crippen MR) is 161 cm³/mol. The van der Waals surface area contributed by atoms with Crippen LogP contribution in [0.4, 0.5) is 0 Å². The van der Waals surface area contributed by atoms with Gasteiger partial charge >= 0.3 is 5.97 Å². The molecule has 2 saturated carbocycles. The van der Waals surface area contributed by atoms with Crippen LogP contribution >= 0.6 is 0 Å². The van der Waals surface area contributed by atoms with E-state index in [9.17, 15) is 30.0 Å². The Morgan fingerprint density at radius 3 is 2.37 bits per heavy atom. The number of ketones is 1. The Hall–Kier alpha value is -1.58. The highest BCUT2D eigenvalue weighted by Crippen LogP contribution is 2.72. The van der Waals surface area contributed by atoms with Crippen molar-refractivity contribution in [3.63, 3.8) is 0 Å². The molecule has 0 radical (unpaired) electrons. The maximum Gasteiger partial charge on any atom is 0.311 e. The van der Waals surface area contributed by atoms with E-state index in [1.54, 1.807) is 31.1 Å². The molecule has 0 amide bonds. The van der Waals surface area contributed by atoms with Crippen LogP contribution in [-0.4, -0.2) is 69.0 Å². The van der Waals surface area contributed by atoms with E-state index in [1.165, 1.54) is 0 Å². The van der Waals surface area contributed by atoms with Gasteiger partial charge in [0.05, 0.1) is 18.1 Å². The molecule has 4 aliphatic carbocycles. The lowest BCUT2D eigenvalue weighted by Gasteiger charge is -2.60. The summed E-state index contributed by atoms with van der Waals surface area (Å²) in [4.78, 5) is 26.9. The minimum atomic E-state index is -1.55. The molecule has 0 aromatic carbocycles. The summed E-state index contributed by atoms with van der Waals surface area (Å²) < 4.78 is 11.2. The van der Waals surface area contributed by atoms with Gasteiger partial charge in [0, 0.05) is 11.8 Å². The highest BCUT2D eigenvalue weighted by Gasteiger charge is 2.64. The van der Waals surface area contributed by atoms with Gasteiger partial charge in [0.25, 0.3) is 0 Å². The SMILES string of the molecule is CC(C)(O)/C=C/C[C@@H](C(=O)O[C@@H]1OC[C@@H](O)[C@H](O)[C@@H]1O)[C@H]1CC[C@@]2(C)C3=C(CC[C@]12C)[C@@]1(C)CCC(=O)C(C)(C)[C@@H]1CC3. The quantitative estimate of drug-likeness (QED) is 0.256. The molecule has 242 valence electrons. The molecule has 0 spiro atoms. The van der Waals surface area contributed by atoms with E-state index < -0.39 is 42.1 Å². The molecule has 0 aromatic rings. The molecular weight excluding hydrogens is 548 g/mol. The Morgan fingerprint density at radius 1 is 1.00 bits per heavy atom. The van der Waals surface area contributed by atoms with Crippen LogP contribution in [0, 0.1) is 39.4 Å². The topological polar surface area (TPSA) is 134 Å². The van der Waals surface area contributed by atoms with Crippen molar-refractivity contribution in [2.75, 3.05) is 6.61 Å². The zero-order valence-electron chi connectivity index (χ0n) is 27.2. The molecule has 3 fully saturated rings. The standard InChI is InChI=1S/C35H54O8/c1-31(2,41)15-8-9-20(29(40)43-30-28(39)27(38)24(36)19-42-30)21-12-17-35(7)23-10-11-25-32(3,4)26(37)14-16-33(25,5)22(23)13-18-34(21,35)6/h8,15,20-21,24-25,27-28,30,36,38-39,41H,9-14,16-19H2,1-7H3/b15-8+/t20-,21-,24-,25+,27+,28+,30+,33-,34-,35+/m1/s1. The Kier molecular flexibility index (Phi) is 8.42. The first-order valence-electron chi connectivity index (χ1n) is 16.4. The smallest absolute Gasteiger partial charge is 0.311 e. The van der Waals surface area contributed by atoms with Crippen molar-refractivity contribution in [2.24, 2.45) is 39.4 Å². The Balaban J connectivity index is 1.46. The first-order chi connectivity index (χ1) is 19.9. The van der Waals surface area contributed by atoms with E-state index in [4.69, 9.17) is 9.47 Å². The molecule has 1 heterocycles. The van der Waals surface area contributed by atoms with Crippen LogP contribution in [0.5, 0.6) is 0 Å². The van der Waals surface area contributed by atoms with Crippen LogP contribution in [0.3, 0.4) is 0 Å². The van der Waals surface area contributed by atoms with Crippen molar-refractivity contribution in [1.82, 2.24) is 0 Å². The molecule has 0 unspecified atom stereocenters. The predicted octanol–water partition coefficient (Wildman–Crippen LogP) is 4.62. The van der Waals surface area contributed by atoms with Crippen molar-refractivity contribution >= 4 is 11.8 Å². The Labute approximate surface area is 256 Å².